The first-order valence-electron chi connectivity index (χ1n) is 8.00. The van der Waals surface area contributed by atoms with Crippen molar-refractivity contribution in [2.24, 2.45) is 0 Å². The Balaban J connectivity index is 1.49. The third-order valence-corrected chi connectivity index (χ3v) is 3.97. The molecule has 0 saturated heterocycles. The Morgan fingerprint density at radius 2 is 1.88 bits per heavy atom. The van der Waals surface area contributed by atoms with E-state index in [4.69, 9.17) is 0 Å². The number of fused-ring (bicyclic) bond motifs is 1. The summed E-state index contributed by atoms with van der Waals surface area (Å²) >= 11 is 0. The van der Waals surface area contributed by atoms with E-state index < -0.39 is 0 Å². The highest BCUT2D eigenvalue weighted by Crippen LogP contribution is 2.15. The van der Waals surface area contributed by atoms with Crippen molar-refractivity contribution in [2.45, 2.75) is 6.54 Å². The third-order valence-electron chi connectivity index (χ3n) is 3.97. The third kappa shape index (κ3) is 3.14. The normalized spacial score (nSPS) is 10.8. The molecule has 0 bridgehead atoms. The fraction of sp³-hybridized carbons (Fsp3) is 0.0526. The van der Waals surface area contributed by atoms with Crippen LogP contribution in [0.2, 0.25) is 0 Å². The van der Waals surface area contributed by atoms with Gasteiger partial charge in [-0.15, -0.1) is 5.10 Å². The van der Waals surface area contributed by atoms with Crippen molar-refractivity contribution in [1.29, 1.82) is 0 Å². The lowest BCUT2D eigenvalue weighted by Gasteiger charge is -2.06. The number of carbonyl (C=O) groups is 1. The van der Waals surface area contributed by atoms with E-state index in [9.17, 15) is 9.18 Å². The SMILES string of the molecule is O=C(NCc1cccc2cccnc12)c1cn(-c2ccc(F)cc2)nn1. The van der Waals surface area contributed by atoms with Gasteiger partial charge in [-0.25, -0.2) is 9.07 Å². The van der Waals surface area contributed by atoms with Gasteiger partial charge in [0.1, 0.15) is 5.82 Å². The van der Waals surface area contributed by atoms with Crippen LogP contribution in [0.4, 0.5) is 4.39 Å². The number of carbonyl (C=O) groups excluding carboxylic acids is 1. The molecule has 128 valence electrons. The molecule has 0 radical (unpaired) electrons. The molecule has 1 amide bonds. The number of aromatic nitrogens is 4. The van der Waals surface area contributed by atoms with Crippen molar-refractivity contribution in [3.8, 4) is 5.69 Å². The number of para-hydroxylation sites is 1. The number of rotatable bonds is 4. The van der Waals surface area contributed by atoms with Crippen molar-refractivity contribution in [1.82, 2.24) is 25.3 Å². The Morgan fingerprint density at radius 1 is 1.08 bits per heavy atom. The first-order chi connectivity index (χ1) is 12.7. The molecule has 4 rings (SSSR count). The van der Waals surface area contributed by atoms with Crippen molar-refractivity contribution in [3.05, 3.63) is 84.1 Å². The summed E-state index contributed by atoms with van der Waals surface area (Å²) < 4.78 is 14.4. The maximum atomic E-state index is 13.0. The topological polar surface area (TPSA) is 72.7 Å². The maximum absolute atomic E-state index is 13.0. The lowest BCUT2D eigenvalue weighted by Crippen LogP contribution is -2.23. The van der Waals surface area contributed by atoms with Gasteiger partial charge in [-0.05, 0) is 35.9 Å². The highest BCUT2D eigenvalue weighted by atomic mass is 19.1. The summed E-state index contributed by atoms with van der Waals surface area (Å²) in [7, 11) is 0. The summed E-state index contributed by atoms with van der Waals surface area (Å²) in [5.74, 6) is -0.679. The largest absolute Gasteiger partial charge is 0.346 e. The average molecular weight is 347 g/mol. The predicted octanol–water partition coefficient (Wildman–Crippen LogP) is 2.88. The molecule has 0 aliphatic carbocycles. The fourth-order valence-electron chi connectivity index (χ4n) is 2.66. The molecular weight excluding hydrogens is 333 g/mol. The second kappa shape index (κ2) is 6.72. The van der Waals surface area contributed by atoms with Gasteiger partial charge in [-0.3, -0.25) is 9.78 Å². The molecule has 0 aliphatic heterocycles. The van der Waals surface area contributed by atoms with E-state index in [-0.39, 0.29) is 17.4 Å². The summed E-state index contributed by atoms with van der Waals surface area (Å²) in [4.78, 5) is 16.7. The molecule has 7 heteroatoms. The average Bonchev–Trinajstić information content (AvgIpc) is 3.17. The van der Waals surface area contributed by atoms with Crippen LogP contribution in [0.25, 0.3) is 16.6 Å². The zero-order valence-corrected chi connectivity index (χ0v) is 13.6. The predicted molar refractivity (Wildman–Crippen MR) is 94.2 cm³/mol. The maximum Gasteiger partial charge on any atom is 0.273 e. The number of amides is 1. The molecule has 2 aromatic carbocycles. The molecule has 0 unspecified atom stereocenters. The minimum Gasteiger partial charge on any atom is -0.346 e. The molecule has 4 aromatic rings. The number of halogens is 1. The Bertz CT molecular complexity index is 1070. The van der Waals surface area contributed by atoms with Gasteiger partial charge in [0.25, 0.3) is 5.91 Å². The minimum absolute atomic E-state index is 0.183. The lowest BCUT2D eigenvalue weighted by molar-refractivity contribution is 0.0946. The van der Waals surface area contributed by atoms with Gasteiger partial charge >= 0.3 is 0 Å². The van der Waals surface area contributed by atoms with Crippen LogP contribution in [0.5, 0.6) is 0 Å². The molecule has 6 nitrogen and oxygen atoms in total. The van der Waals surface area contributed by atoms with Crippen molar-refractivity contribution in [3.63, 3.8) is 0 Å². The first kappa shape index (κ1) is 15.9. The van der Waals surface area contributed by atoms with Crippen LogP contribution in [0.3, 0.4) is 0 Å². The second-order valence-electron chi connectivity index (χ2n) is 5.70. The van der Waals surface area contributed by atoms with Crippen molar-refractivity contribution >= 4 is 16.8 Å². The molecule has 2 heterocycles. The quantitative estimate of drug-likeness (QED) is 0.616. The molecular formula is C19H14FN5O. The number of pyridine rings is 1. The highest BCUT2D eigenvalue weighted by molar-refractivity contribution is 5.92. The Labute approximate surface area is 148 Å². The van der Waals surface area contributed by atoms with Crippen molar-refractivity contribution in [2.75, 3.05) is 0 Å². The summed E-state index contributed by atoms with van der Waals surface area (Å²) in [6, 6.07) is 15.4. The monoisotopic (exact) mass is 347 g/mol. The van der Waals surface area contributed by atoms with E-state index in [1.807, 2.05) is 30.3 Å². The van der Waals surface area contributed by atoms with Crippen molar-refractivity contribution < 1.29 is 9.18 Å². The molecule has 0 spiro atoms. The van der Waals surface area contributed by atoms with E-state index in [1.54, 1.807) is 18.3 Å². The first-order valence-corrected chi connectivity index (χ1v) is 8.00. The van der Waals surface area contributed by atoms with Crippen LogP contribution in [0, 0.1) is 5.82 Å². The zero-order chi connectivity index (χ0) is 17.9. The van der Waals surface area contributed by atoms with E-state index in [2.05, 4.69) is 20.6 Å². The number of nitrogens with zero attached hydrogens (tertiary/aromatic N) is 4. The standard InChI is InChI=1S/C19H14FN5O/c20-15-6-8-16(9-7-15)25-12-17(23-24-25)19(26)22-11-14-4-1-3-13-5-2-10-21-18(13)14/h1-10,12H,11H2,(H,22,26). The van der Waals surface area contributed by atoms with Crippen LogP contribution in [-0.2, 0) is 6.54 Å². The number of benzene rings is 2. The smallest absolute Gasteiger partial charge is 0.273 e. The van der Waals surface area contributed by atoms with Gasteiger partial charge < -0.3 is 5.32 Å². The van der Waals surface area contributed by atoms with E-state index in [0.29, 0.717) is 12.2 Å². The van der Waals surface area contributed by atoms with Gasteiger partial charge in [-0.1, -0.05) is 29.5 Å². The molecule has 0 saturated carbocycles. The van der Waals surface area contributed by atoms with Crippen LogP contribution in [0.15, 0.2) is 67.0 Å². The fourth-order valence-corrected chi connectivity index (χ4v) is 2.66. The number of hydrogen-bond donors (Lipinski definition) is 1. The molecule has 0 aliphatic rings. The minimum atomic E-state index is -0.341. The lowest BCUT2D eigenvalue weighted by atomic mass is 10.1. The number of hydrogen-bond acceptors (Lipinski definition) is 4. The van der Waals surface area contributed by atoms with Gasteiger partial charge in [0, 0.05) is 18.1 Å². The van der Waals surface area contributed by atoms with Gasteiger partial charge in [-0.2, -0.15) is 0 Å². The van der Waals surface area contributed by atoms with E-state index in [1.165, 1.54) is 23.0 Å². The molecule has 1 N–H and O–H groups in total. The van der Waals surface area contributed by atoms with Gasteiger partial charge in [0.15, 0.2) is 5.69 Å². The van der Waals surface area contributed by atoms with Crippen LogP contribution in [0.1, 0.15) is 16.1 Å². The Morgan fingerprint density at radius 3 is 2.73 bits per heavy atom. The summed E-state index contributed by atoms with van der Waals surface area (Å²) in [5, 5.41) is 11.6. The van der Waals surface area contributed by atoms with Gasteiger partial charge in [0.05, 0.1) is 17.4 Å². The molecule has 0 atom stereocenters. The summed E-state index contributed by atoms with van der Waals surface area (Å²) in [6.45, 7) is 0.330. The second-order valence-corrected chi connectivity index (χ2v) is 5.70. The molecule has 0 fully saturated rings. The summed E-state index contributed by atoms with van der Waals surface area (Å²) in [6.07, 6.45) is 3.23. The van der Waals surface area contributed by atoms with E-state index >= 15 is 0 Å². The van der Waals surface area contributed by atoms with Crippen LogP contribution >= 0.6 is 0 Å². The molecule has 2 aromatic heterocycles. The zero-order valence-electron chi connectivity index (χ0n) is 13.6. The van der Waals surface area contributed by atoms with Crippen LogP contribution in [-0.4, -0.2) is 25.9 Å². The van der Waals surface area contributed by atoms with Crippen LogP contribution < -0.4 is 5.32 Å². The van der Waals surface area contributed by atoms with Gasteiger partial charge in [0.2, 0.25) is 0 Å². The highest BCUT2D eigenvalue weighted by Gasteiger charge is 2.12. The Kier molecular flexibility index (Phi) is 4.10. The van der Waals surface area contributed by atoms with E-state index in [0.717, 1.165) is 16.5 Å². The summed E-state index contributed by atoms with van der Waals surface area (Å²) in [5.41, 5.74) is 2.58. The molecule has 26 heavy (non-hydrogen) atoms. The Hall–Kier alpha value is -3.61. The number of nitrogens with one attached hydrogen (secondary N) is 1.